The van der Waals surface area contributed by atoms with Crippen molar-refractivity contribution in [3.63, 3.8) is 0 Å². The van der Waals surface area contributed by atoms with Gasteiger partial charge in [0.2, 0.25) is 0 Å². The van der Waals surface area contributed by atoms with Gasteiger partial charge in [-0.2, -0.15) is 0 Å². The minimum atomic E-state index is 0.405. The first-order valence-corrected chi connectivity index (χ1v) is 5.79. The monoisotopic (exact) mass is 253 g/mol. The predicted molar refractivity (Wildman–Crippen MR) is 63.5 cm³/mol. The van der Waals surface area contributed by atoms with Gasteiger partial charge in [-0.3, -0.25) is 0 Å². The van der Waals surface area contributed by atoms with Crippen molar-refractivity contribution < 1.29 is 0 Å². The van der Waals surface area contributed by atoms with Crippen molar-refractivity contribution in [3.05, 3.63) is 34.3 Å². The fraction of sp³-hybridized carbons (Fsp3) is 0.500. The molecule has 0 aromatic heterocycles. The zero-order chi connectivity index (χ0) is 10.3. The van der Waals surface area contributed by atoms with E-state index in [-0.39, 0.29) is 0 Å². The third kappa shape index (κ3) is 1.51. The van der Waals surface area contributed by atoms with Crippen molar-refractivity contribution >= 4 is 15.9 Å². The summed E-state index contributed by atoms with van der Waals surface area (Å²) in [4.78, 5) is 0. The van der Waals surface area contributed by atoms with E-state index in [0.29, 0.717) is 17.4 Å². The van der Waals surface area contributed by atoms with E-state index < -0.39 is 0 Å². The highest BCUT2D eigenvalue weighted by Gasteiger charge is 2.57. The molecule has 0 saturated heterocycles. The van der Waals surface area contributed by atoms with E-state index in [1.807, 2.05) is 7.05 Å². The molecule has 0 radical (unpaired) electrons. The van der Waals surface area contributed by atoms with Gasteiger partial charge in [0.15, 0.2) is 0 Å². The van der Waals surface area contributed by atoms with Gasteiger partial charge in [0, 0.05) is 16.4 Å². The Balaban J connectivity index is 2.22. The van der Waals surface area contributed by atoms with E-state index in [1.54, 1.807) is 0 Å². The molecule has 1 aromatic rings. The second-order valence-electron chi connectivity index (χ2n) is 4.62. The van der Waals surface area contributed by atoms with Gasteiger partial charge in [-0.05, 0) is 30.2 Å². The molecule has 2 unspecified atom stereocenters. The van der Waals surface area contributed by atoms with E-state index in [1.165, 1.54) is 5.56 Å². The second kappa shape index (κ2) is 3.35. The fourth-order valence-electron chi connectivity index (χ4n) is 2.47. The lowest BCUT2D eigenvalue weighted by atomic mass is 10.0. The fourth-order valence-corrected chi connectivity index (χ4v) is 2.73. The van der Waals surface area contributed by atoms with Crippen LogP contribution in [0.3, 0.4) is 0 Å². The Hall–Kier alpha value is -0.340. The van der Waals surface area contributed by atoms with Crippen LogP contribution in [0.4, 0.5) is 0 Å². The number of likely N-dealkylation sites (N-methyl/N-ethyl adjacent to an activating group) is 1. The summed E-state index contributed by atoms with van der Waals surface area (Å²) >= 11 is 3.46. The molecule has 1 aliphatic carbocycles. The largest absolute Gasteiger partial charge is 0.316 e. The van der Waals surface area contributed by atoms with Crippen LogP contribution in [0.2, 0.25) is 0 Å². The lowest BCUT2D eigenvalue weighted by Crippen LogP contribution is -2.14. The van der Waals surface area contributed by atoms with Crippen LogP contribution in [0.25, 0.3) is 0 Å². The molecule has 1 N–H and O–H groups in total. The minimum absolute atomic E-state index is 0.405. The van der Waals surface area contributed by atoms with Gasteiger partial charge in [-0.1, -0.05) is 41.9 Å². The van der Waals surface area contributed by atoms with Gasteiger partial charge in [-0.15, -0.1) is 0 Å². The summed E-state index contributed by atoms with van der Waals surface area (Å²) in [5, 5.41) is 3.38. The molecule has 1 aliphatic rings. The van der Waals surface area contributed by atoms with Crippen molar-refractivity contribution in [1.82, 2.24) is 5.32 Å². The number of halogens is 1. The molecule has 0 heterocycles. The highest BCUT2D eigenvalue weighted by Crippen LogP contribution is 2.58. The van der Waals surface area contributed by atoms with Crippen LogP contribution >= 0.6 is 15.9 Å². The van der Waals surface area contributed by atoms with Crippen molar-refractivity contribution in [2.45, 2.75) is 25.8 Å². The quantitative estimate of drug-likeness (QED) is 0.854. The second-order valence-corrected chi connectivity index (χ2v) is 5.53. The molecule has 0 bridgehead atoms. The molecule has 14 heavy (non-hydrogen) atoms. The Kier molecular flexibility index (Phi) is 2.44. The van der Waals surface area contributed by atoms with Crippen molar-refractivity contribution in [1.29, 1.82) is 0 Å². The number of rotatable bonds is 2. The Morgan fingerprint density at radius 1 is 1.21 bits per heavy atom. The first kappa shape index (κ1) is 10.2. The van der Waals surface area contributed by atoms with Crippen LogP contribution in [0.5, 0.6) is 0 Å². The van der Waals surface area contributed by atoms with Crippen LogP contribution in [-0.4, -0.2) is 13.1 Å². The number of nitrogens with one attached hydrogen (secondary N) is 1. The van der Waals surface area contributed by atoms with E-state index in [4.69, 9.17) is 0 Å². The minimum Gasteiger partial charge on any atom is -0.316 e. The normalized spacial score (nSPS) is 28.9. The first-order valence-electron chi connectivity index (χ1n) is 5.00. The number of hydrogen-bond acceptors (Lipinski definition) is 1. The molecule has 1 aromatic carbocycles. The molecule has 1 nitrogen and oxygen atoms in total. The van der Waals surface area contributed by atoms with Crippen molar-refractivity contribution in [2.75, 3.05) is 7.05 Å². The van der Waals surface area contributed by atoms with E-state index >= 15 is 0 Å². The van der Waals surface area contributed by atoms with Gasteiger partial charge in [0.05, 0.1) is 0 Å². The van der Waals surface area contributed by atoms with E-state index in [0.717, 1.165) is 4.47 Å². The molecule has 2 rings (SSSR count). The average Bonchev–Trinajstić information content (AvgIpc) is 2.69. The molecule has 0 spiro atoms. The summed E-state index contributed by atoms with van der Waals surface area (Å²) in [6.07, 6.45) is 0. The van der Waals surface area contributed by atoms with Crippen LogP contribution < -0.4 is 5.32 Å². The third-order valence-corrected chi connectivity index (χ3v) is 3.90. The van der Waals surface area contributed by atoms with E-state index in [9.17, 15) is 0 Å². The van der Waals surface area contributed by atoms with Gasteiger partial charge in [0.25, 0.3) is 0 Å². The molecule has 76 valence electrons. The number of benzene rings is 1. The summed E-state index contributed by atoms with van der Waals surface area (Å²) in [5.41, 5.74) is 1.85. The van der Waals surface area contributed by atoms with Crippen LogP contribution in [-0.2, 0) is 0 Å². The maximum absolute atomic E-state index is 3.46. The maximum Gasteiger partial charge on any atom is 0.0196 e. The summed E-state index contributed by atoms with van der Waals surface area (Å²) in [5.74, 6) is 0.667. The summed E-state index contributed by atoms with van der Waals surface area (Å²) in [6.45, 7) is 4.64. The lowest BCUT2D eigenvalue weighted by Gasteiger charge is -2.02. The highest BCUT2D eigenvalue weighted by atomic mass is 79.9. The maximum atomic E-state index is 3.46. The lowest BCUT2D eigenvalue weighted by molar-refractivity contribution is 0.567. The SMILES string of the molecule is CNC1C(c2ccc(Br)cc2)C1(C)C. The van der Waals surface area contributed by atoms with Crippen LogP contribution in [0.15, 0.2) is 28.7 Å². The van der Waals surface area contributed by atoms with Crippen LogP contribution in [0, 0.1) is 5.41 Å². The van der Waals surface area contributed by atoms with E-state index in [2.05, 4.69) is 59.4 Å². The van der Waals surface area contributed by atoms with Crippen LogP contribution in [0.1, 0.15) is 25.3 Å². The topological polar surface area (TPSA) is 12.0 Å². The molecular weight excluding hydrogens is 238 g/mol. The van der Waals surface area contributed by atoms with Gasteiger partial charge in [-0.25, -0.2) is 0 Å². The number of hydrogen-bond donors (Lipinski definition) is 1. The zero-order valence-electron chi connectivity index (χ0n) is 8.84. The molecule has 2 heteroatoms. The molecule has 0 amide bonds. The molecule has 1 saturated carbocycles. The first-order chi connectivity index (χ1) is 6.57. The average molecular weight is 254 g/mol. The Morgan fingerprint density at radius 2 is 1.79 bits per heavy atom. The zero-order valence-corrected chi connectivity index (χ0v) is 10.4. The molecule has 0 aliphatic heterocycles. The van der Waals surface area contributed by atoms with Crippen molar-refractivity contribution in [2.24, 2.45) is 5.41 Å². The third-order valence-electron chi connectivity index (χ3n) is 3.37. The summed E-state index contributed by atoms with van der Waals surface area (Å²) < 4.78 is 1.15. The Labute approximate surface area is 94.0 Å². The molecule has 2 atom stereocenters. The summed E-state index contributed by atoms with van der Waals surface area (Å²) in [6, 6.07) is 9.30. The smallest absolute Gasteiger partial charge is 0.0196 e. The van der Waals surface area contributed by atoms with Crippen molar-refractivity contribution in [3.8, 4) is 0 Å². The predicted octanol–water partition coefficient (Wildman–Crippen LogP) is 3.16. The summed E-state index contributed by atoms with van der Waals surface area (Å²) in [7, 11) is 2.05. The molecular formula is C12H16BrN. The Morgan fingerprint density at radius 3 is 2.21 bits per heavy atom. The molecule has 1 fully saturated rings. The van der Waals surface area contributed by atoms with Gasteiger partial charge in [0.1, 0.15) is 0 Å². The van der Waals surface area contributed by atoms with Gasteiger partial charge < -0.3 is 5.32 Å². The Bertz CT molecular complexity index is 329. The van der Waals surface area contributed by atoms with Gasteiger partial charge >= 0.3 is 0 Å². The standard InChI is InChI=1S/C12H16BrN/c1-12(2)10(11(12)14-3)8-4-6-9(13)7-5-8/h4-7,10-11,14H,1-3H3. The highest BCUT2D eigenvalue weighted by molar-refractivity contribution is 9.10.